The topological polar surface area (TPSA) is 12.0 Å². The van der Waals surface area contributed by atoms with Crippen LogP contribution in [-0.2, 0) is 20.6 Å². The fourth-order valence-corrected chi connectivity index (χ4v) is 18.3. The first-order chi connectivity index (χ1) is 7.68. The van der Waals surface area contributed by atoms with Gasteiger partial charge in [-0.1, -0.05) is 0 Å². The van der Waals surface area contributed by atoms with Crippen LogP contribution in [0.2, 0.25) is 8.26 Å². The van der Waals surface area contributed by atoms with Crippen LogP contribution in [0.3, 0.4) is 0 Å². The third kappa shape index (κ3) is 3.76. The van der Waals surface area contributed by atoms with Crippen molar-refractivity contribution in [2.45, 2.75) is 62.3 Å². The first-order valence-electron chi connectivity index (χ1n) is 6.86. The van der Waals surface area contributed by atoms with Crippen LogP contribution in [0.5, 0.6) is 0 Å². The summed E-state index contributed by atoms with van der Waals surface area (Å²) in [5.74, 6) is 0.725. The van der Waals surface area contributed by atoms with E-state index in [4.69, 9.17) is 0 Å². The summed E-state index contributed by atoms with van der Waals surface area (Å²) < 4.78 is 8.99. The Morgan fingerprint density at radius 2 is 1.47 bits per heavy atom. The van der Waals surface area contributed by atoms with E-state index >= 15 is 0 Å². The Morgan fingerprint density at radius 1 is 1.00 bits per heavy atom. The molecule has 0 aromatic carbocycles. The van der Waals surface area contributed by atoms with E-state index in [0.717, 1.165) is 5.92 Å². The van der Waals surface area contributed by atoms with Gasteiger partial charge in [0.1, 0.15) is 0 Å². The Balaban J connectivity index is 0.00000162. The van der Waals surface area contributed by atoms with Gasteiger partial charge in [-0.15, -0.1) is 0 Å². The molecule has 1 nitrogen and oxygen atoms in total. The Labute approximate surface area is 136 Å². The summed E-state index contributed by atoms with van der Waals surface area (Å²) in [5, 5.41) is 0. The summed E-state index contributed by atoms with van der Waals surface area (Å²) in [6.45, 7) is 16.4. The number of rotatable bonds is 2. The molecule has 0 bridgehead atoms. The van der Waals surface area contributed by atoms with Crippen LogP contribution in [0.15, 0.2) is 20.0 Å². The minimum atomic E-state index is -2.09. The summed E-state index contributed by atoms with van der Waals surface area (Å²) >= 11 is -2.09. The molecule has 110 valence electrons. The predicted molar refractivity (Wildman–Crippen MR) is 72.7 cm³/mol. The van der Waals surface area contributed by atoms with Gasteiger partial charge in [0.25, 0.3) is 0 Å². The summed E-state index contributed by atoms with van der Waals surface area (Å²) in [5.41, 5.74) is 5.13. The third-order valence-corrected chi connectivity index (χ3v) is 15.7. The van der Waals surface area contributed by atoms with Crippen LogP contribution in [0.4, 0.5) is 0 Å². The molecule has 1 N–H and O–H groups in total. The molecule has 4 heteroatoms. The largest absolute Gasteiger partial charge is 1.00 e. The minimum Gasteiger partial charge on any atom is -1.00 e. The van der Waals surface area contributed by atoms with Crippen LogP contribution >= 0.6 is 0 Å². The number of halogens is 2. The van der Waals surface area contributed by atoms with Crippen molar-refractivity contribution < 1.29 is 45.4 Å². The molecule has 0 radical (unpaired) electrons. The molecule has 1 aliphatic carbocycles. The van der Waals surface area contributed by atoms with Gasteiger partial charge in [0.2, 0.25) is 0 Å². The van der Waals surface area contributed by atoms with E-state index in [-0.39, 0.29) is 24.8 Å². The second-order valence-electron chi connectivity index (χ2n) is 7.03. The molecule has 1 saturated heterocycles. The minimum absolute atomic E-state index is 0. The zero-order chi connectivity index (χ0) is 13.0. The van der Waals surface area contributed by atoms with Gasteiger partial charge in [-0.05, 0) is 0 Å². The smallest absolute Gasteiger partial charge is 1.00 e. The van der Waals surface area contributed by atoms with Gasteiger partial charge in [0, 0.05) is 0 Å². The van der Waals surface area contributed by atoms with Gasteiger partial charge in [0.15, 0.2) is 0 Å². The fraction of sp³-hybridized carbons (Fsp3) is 0.733. The molecule has 0 aromatic heterocycles. The second-order valence-corrected chi connectivity index (χ2v) is 16.7. The molecule has 1 aliphatic heterocycles. The number of nitrogens with one attached hydrogen (secondary N) is 1. The van der Waals surface area contributed by atoms with Crippen molar-refractivity contribution in [3.8, 4) is 0 Å². The number of hydrogen-bond acceptors (Lipinski definition) is 1. The van der Waals surface area contributed by atoms with Gasteiger partial charge >= 0.3 is 112 Å². The molecular formula is C15H27Cl2NZr. The predicted octanol–water partition coefficient (Wildman–Crippen LogP) is -1.44. The average Bonchev–Trinajstić information content (AvgIpc) is 2.88. The van der Waals surface area contributed by atoms with E-state index in [1.165, 1.54) is 8.26 Å². The molecule has 2 aliphatic rings. The number of allylic oxidation sites excluding steroid dienone is 4. The van der Waals surface area contributed by atoms with Gasteiger partial charge < -0.3 is 24.8 Å². The molecule has 2 rings (SSSR count). The molecule has 0 amide bonds. The summed E-state index contributed by atoms with van der Waals surface area (Å²) in [7, 11) is 0. The van der Waals surface area contributed by atoms with E-state index in [9.17, 15) is 0 Å². The first kappa shape index (κ1) is 19.9. The molecule has 1 heterocycles. The van der Waals surface area contributed by atoms with Crippen LogP contribution in [0, 0.1) is 5.92 Å². The molecule has 0 saturated carbocycles. The molecule has 0 spiro atoms. The maximum absolute atomic E-state index is 4.08. The van der Waals surface area contributed by atoms with E-state index in [2.05, 4.69) is 51.7 Å². The number of hydrogen-bond donors (Lipinski definition) is 1. The van der Waals surface area contributed by atoms with Gasteiger partial charge in [-0.25, -0.2) is 0 Å². The molecule has 19 heavy (non-hydrogen) atoms. The summed E-state index contributed by atoms with van der Waals surface area (Å²) in [4.78, 5) is 0. The maximum atomic E-state index is 4.08. The maximum Gasteiger partial charge on any atom is -1.00 e. The zero-order valence-electron chi connectivity index (χ0n) is 13.2. The molecular weight excluding hydrogens is 356 g/mol. The second kappa shape index (κ2) is 6.34. The Kier molecular flexibility index (Phi) is 6.65. The third-order valence-electron chi connectivity index (χ3n) is 4.52. The first-order valence-corrected chi connectivity index (χ1v) is 12.8. The van der Waals surface area contributed by atoms with Crippen molar-refractivity contribution in [3.05, 3.63) is 20.0 Å². The molecule has 0 aromatic rings. The van der Waals surface area contributed by atoms with E-state index in [1.807, 2.05) is 3.28 Å². The Hall–Kier alpha value is 0.903. The van der Waals surface area contributed by atoms with Crippen molar-refractivity contribution in [3.63, 3.8) is 0 Å². The van der Waals surface area contributed by atoms with E-state index < -0.39 is 20.6 Å². The monoisotopic (exact) mass is 381 g/mol. The van der Waals surface area contributed by atoms with Crippen molar-refractivity contribution in [1.82, 2.24) is 3.26 Å². The van der Waals surface area contributed by atoms with Crippen LogP contribution in [0.25, 0.3) is 0 Å². The van der Waals surface area contributed by atoms with E-state index in [1.54, 1.807) is 16.7 Å². The van der Waals surface area contributed by atoms with E-state index in [0.29, 0.717) is 5.54 Å². The van der Waals surface area contributed by atoms with Crippen LogP contribution in [-0.4, -0.2) is 5.54 Å². The van der Waals surface area contributed by atoms with Crippen molar-refractivity contribution in [2.24, 2.45) is 5.92 Å². The van der Waals surface area contributed by atoms with Crippen LogP contribution in [0.1, 0.15) is 48.5 Å². The van der Waals surface area contributed by atoms with Gasteiger partial charge in [-0.3, -0.25) is 0 Å². The Bertz CT molecular complexity index is 414. The zero-order valence-corrected chi connectivity index (χ0v) is 17.2. The van der Waals surface area contributed by atoms with Gasteiger partial charge in [0.05, 0.1) is 0 Å². The van der Waals surface area contributed by atoms with Crippen molar-refractivity contribution in [1.29, 1.82) is 0 Å². The van der Waals surface area contributed by atoms with Crippen molar-refractivity contribution in [2.75, 3.05) is 0 Å². The van der Waals surface area contributed by atoms with Crippen LogP contribution < -0.4 is 28.1 Å². The quantitative estimate of drug-likeness (QED) is 0.616. The molecule has 1 unspecified atom stereocenters. The van der Waals surface area contributed by atoms with Gasteiger partial charge in [-0.2, -0.15) is 0 Å². The Morgan fingerprint density at radius 3 is 1.74 bits per heavy atom. The molecule has 1 atom stereocenters. The standard InChI is InChI=1S/C9H13.C4H10N.C2H4.2ClH.Zr/c1-6-5-7(2)9(4)8(6)3;1-4(2,3)5;1-2;;;/h6H,1-4H3;5H,1-3H3;1-2H2;2*1H;/q;-1;;;;+3/p-2. The molecule has 1 fully saturated rings. The normalized spacial score (nSPS) is 23.4. The van der Waals surface area contributed by atoms with Crippen molar-refractivity contribution >= 4 is 0 Å². The SMILES string of the molecule is CC1=C(C)C(C)[C]([Zr+2]2([NH]C(C)(C)C)[CH2][CH2]2)=C1C.[Cl-].[Cl-]. The summed E-state index contributed by atoms with van der Waals surface area (Å²) in [6.07, 6.45) is 0. The fourth-order valence-electron chi connectivity index (χ4n) is 3.44. The average molecular weight is 384 g/mol. The summed E-state index contributed by atoms with van der Waals surface area (Å²) in [6, 6.07) is 0.